The van der Waals surface area contributed by atoms with Crippen molar-refractivity contribution in [2.24, 2.45) is 0 Å². The summed E-state index contributed by atoms with van der Waals surface area (Å²) in [6.07, 6.45) is 32.0. The fraction of sp³-hybridized carbons (Fsp3) is 0.918. The molecule has 0 saturated carbocycles. The lowest BCUT2D eigenvalue weighted by molar-refractivity contribution is -0.231. The summed E-state index contributed by atoms with van der Waals surface area (Å²) in [7, 11) is 0. The van der Waals surface area contributed by atoms with Gasteiger partial charge in [-0.15, -0.1) is 0 Å². The number of rotatable bonds is 41. The van der Waals surface area contributed by atoms with Crippen molar-refractivity contribution in [1.29, 1.82) is 0 Å². The summed E-state index contributed by atoms with van der Waals surface area (Å²) in [6.45, 7) is 5.68. The molecular formula is C49H93N3O9. The van der Waals surface area contributed by atoms with Gasteiger partial charge in [0.25, 0.3) is 0 Å². The molecule has 358 valence electrons. The average molecular weight is 868 g/mol. The number of aliphatic carboxylic acids is 1. The predicted octanol–water partition coefficient (Wildman–Crippen LogP) is 9.63. The van der Waals surface area contributed by atoms with Crippen LogP contribution in [0.1, 0.15) is 239 Å². The zero-order valence-corrected chi connectivity index (χ0v) is 39.2. The van der Waals surface area contributed by atoms with Gasteiger partial charge in [0.05, 0.1) is 13.0 Å². The van der Waals surface area contributed by atoms with Crippen molar-refractivity contribution in [3.63, 3.8) is 0 Å². The largest absolute Gasteiger partial charge is 0.481 e. The number of ether oxygens (including phenoxy) is 1. The van der Waals surface area contributed by atoms with Gasteiger partial charge in [0.2, 0.25) is 17.7 Å². The molecule has 1 heterocycles. The van der Waals surface area contributed by atoms with Crippen molar-refractivity contribution >= 4 is 23.7 Å². The van der Waals surface area contributed by atoms with E-state index in [9.17, 15) is 34.5 Å². The van der Waals surface area contributed by atoms with Crippen LogP contribution in [0, 0.1) is 0 Å². The fourth-order valence-corrected chi connectivity index (χ4v) is 8.42. The Kier molecular flexibility index (Phi) is 35.5. The molecule has 12 nitrogen and oxygen atoms in total. The third-order valence-corrected chi connectivity index (χ3v) is 12.4. The highest BCUT2D eigenvalue weighted by Crippen LogP contribution is 2.26. The number of amides is 3. The Morgan fingerprint density at radius 1 is 0.557 bits per heavy atom. The SMILES string of the molecule is CCCCCCCCCCCCCCCCCCN(C(=O)CCCCCCCCCCCCCCCCC)[C@@H]1O[C@H](CO)[C@@H](O)[C@H](O)[C@H]1NC(=O)[C@H](C)NC(=O)CCC(=O)O. The van der Waals surface area contributed by atoms with Gasteiger partial charge in [-0.3, -0.25) is 19.2 Å². The van der Waals surface area contributed by atoms with Crippen LogP contribution in [0.4, 0.5) is 0 Å². The van der Waals surface area contributed by atoms with Crippen LogP contribution in [0.15, 0.2) is 0 Å². The number of hydrogen-bond donors (Lipinski definition) is 6. The predicted molar refractivity (Wildman–Crippen MR) is 245 cm³/mol. The van der Waals surface area contributed by atoms with E-state index in [1.165, 1.54) is 155 Å². The molecule has 0 aromatic rings. The van der Waals surface area contributed by atoms with Crippen LogP contribution in [0.2, 0.25) is 0 Å². The molecule has 61 heavy (non-hydrogen) atoms. The van der Waals surface area contributed by atoms with E-state index in [2.05, 4.69) is 24.5 Å². The third-order valence-electron chi connectivity index (χ3n) is 12.4. The standard InChI is InChI=1S/C49H93N3O9/c1-4-6-8-10-12-14-16-18-20-22-24-26-28-30-32-34-38-52(43(55)35-33-31-29-27-25-23-21-19-17-15-13-11-9-7-5-2)49-45(47(59)46(58)41(39-53)61-49)51-48(60)40(3)50-42(54)36-37-44(56)57/h40-41,45-47,49,53,58-59H,4-39H2,1-3H3,(H,50,54)(H,51,60)(H,56,57)/t40-,41+,45+,46+,47+,49+/m0/s1. The number of carbonyl (C=O) groups is 4. The number of carbonyl (C=O) groups excluding carboxylic acids is 3. The number of nitrogens with one attached hydrogen (secondary N) is 2. The maximum Gasteiger partial charge on any atom is 0.303 e. The molecule has 1 fully saturated rings. The van der Waals surface area contributed by atoms with Gasteiger partial charge >= 0.3 is 5.97 Å². The number of unbranched alkanes of at least 4 members (excludes halogenated alkanes) is 29. The maximum atomic E-state index is 14.0. The summed E-state index contributed by atoms with van der Waals surface area (Å²) in [5.41, 5.74) is 0. The van der Waals surface area contributed by atoms with E-state index in [4.69, 9.17) is 9.84 Å². The average Bonchev–Trinajstić information content (AvgIpc) is 3.24. The molecule has 12 heteroatoms. The first-order valence-corrected chi connectivity index (χ1v) is 25.3. The van der Waals surface area contributed by atoms with Gasteiger partial charge in [0, 0.05) is 19.4 Å². The molecule has 0 aromatic carbocycles. The molecule has 6 atom stereocenters. The number of carboxylic acid groups (broad SMARTS) is 1. The van der Waals surface area contributed by atoms with E-state index in [0.717, 1.165) is 38.5 Å². The molecule has 1 saturated heterocycles. The Labute approximate surface area is 371 Å². The zero-order chi connectivity index (χ0) is 44.9. The second-order valence-electron chi connectivity index (χ2n) is 18.0. The van der Waals surface area contributed by atoms with Gasteiger partial charge < -0.3 is 40.7 Å². The number of carboxylic acids is 1. The number of aliphatic hydroxyl groups excluding tert-OH is 3. The molecule has 1 aliphatic heterocycles. The fourth-order valence-electron chi connectivity index (χ4n) is 8.42. The smallest absolute Gasteiger partial charge is 0.303 e. The van der Waals surface area contributed by atoms with E-state index < -0.39 is 61.0 Å². The lowest BCUT2D eigenvalue weighted by atomic mass is 9.94. The highest BCUT2D eigenvalue weighted by molar-refractivity contribution is 5.88. The number of nitrogens with zero attached hydrogens (tertiary/aromatic N) is 1. The maximum absolute atomic E-state index is 14.0. The van der Waals surface area contributed by atoms with E-state index in [0.29, 0.717) is 19.4 Å². The quantitative estimate of drug-likeness (QED) is 0.0326. The molecule has 3 amide bonds. The van der Waals surface area contributed by atoms with Gasteiger partial charge in [-0.2, -0.15) is 0 Å². The highest BCUT2D eigenvalue weighted by Gasteiger charge is 2.48. The first-order valence-electron chi connectivity index (χ1n) is 25.3. The van der Waals surface area contributed by atoms with Gasteiger partial charge in [-0.05, 0) is 19.8 Å². The molecule has 0 unspecified atom stereocenters. The summed E-state index contributed by atoms with van der Waals surface area (Å²) >= 11 is 0. The molecule has 0 aromatic heterocycles. The van der Waals surface area contributed by atoms with Crippen molar-refractivity contribution in [3.8, 4) is 0 Å². The van der Waals surface area contributed by atoms with Gasteiger partial charge in [-0.25, -0.2) is 0 Å². The molecule has 0 bridgehead atoms. The Balaban J connectivity index is 2.74. The van der Waals surface area contributed by atoms with Crippen LogP contribution >= 0.6 is 0 Å². The highest BCUT2D eigenvalue weighted by atomic mass is 16.5. The van der Waals surface area contributed by atoms with Gasteiger partial charge in [-0.1, -0.05) is 200 Å². The minimum absolute atomic E-state index is 0.171. The van der Waals surface area contributed by atoms with Crippen LogP contribution < -0.4 is 10.6 Å². The summed E-state index contributed by atoms with van der Waals surface area (Å²) in [4.78, 5) is 52.1. The molecule has 0 aliphatic carbocycles. The van der Waals surface area contributed by atoms with Crippen LogP contribution in [0.3, 0.4) is 0 Å². The number of aliphatic hydroxyl groups is 3. The summed E-state index contributed by atoms with van der Waals surface area (Å²) in [5.74, 6) is -2.61. The van der Waals surface area contributed by atoms with Crippen LogP contribution in [-0.4, -0.2) is 98.8 Å². The molecule has 6 N–H and O–H groups in total. The van der Waals surface area contributed by atoms with Gasteiger partial charge in [0.1, 0.15) is 30.4 Å². The monoisotopic (exact) mass is 868 g/mol. The van der Waals surface area contributed by atoms with Crippen molar-refractivity contribution in [2.45, 2.75) is 276 Å². The summed E-state index contributed by atoms with van der Waals surface area (Å²) in [6, 6.07) is -2.33. The van der Waals surface area contributed by atoms with Crippen LogP contribution in [0.25, 0.3) is 0 Å². The second kappa shape index (κ2) is 38.2. The van der Waals surface area contributed by atoms with Crippen molar-refractivity contribution in [3.05, 3.63) is 0 Å². The molecule has 0 radical (unpaired) electrons. The minimum Gasteiger partial charge on any atom is -0.481 e. The van der Waals surface area contributed by atoms with Gasteiger partial charge in [0.15, 0.2) is 6.23 Å². The topological polar surface area (TPSA) is 186 Å². The minimum atomic E-state index is -1.57. The van der Waals surface area contributed by atoms with Crippen LogP contribution in [0.5, 0.6) is 0 Å². The lowest BCUT2D eigenvalue weighted by Crippen LogP contribution is -2.69. The lowest BCUT2D eigenvalue weighted by Gasteiger charge is -2.47. The van der Waals surface area contributed by atoms with Crippen molar-refractivity contribution in [1.82, 2.24) is 15.5 Å². The summed E-state index contributed by atoms with van der Waals surface area (Å²) in [5, 5.41) is 46.3. The molecule has 1 aliphatic rings. The normalized spacial score (nSPS) is 19.4. The van der Waals surface area contributed by atoms with E-state index in [1.54, 1.807) is 4.90 Å². The molecule has 0 spiro atoms. The Morgan fingerprint density at radius 2 is 0.951 bits per heavy atom. The Hall–Kier alpha value is -2.28. The molecular weight excluding hydrogens is 775 g/mol. The van der Waals surface area contributed by atoms with E-state index in [1.807, 2.05) is 0 Å². The molecule has 1 rings (SSSR count). The van der Waals surface area contributed by atoms with E-state index in [-0.39, 0.29) is 25.2 Å². The van der Waals surface area contributed by atoms with Crippen molar-refractivity contribution in [2.75, 3.05) is 13.2 Å². The second-order valence-corrected chi connectivity index (χ2v) is 18.0. The Bertz CT molecular complexity index is 1110. The first kappa shape index (κ1) is 56.7. The third kappa shape index (κ3) is 28.2. The zero-order valence-electron chi connectivity index (χ0n) is 39.2. The van der Waals surface area contributed by atoms with E-state index >= 15 is 0 Å². The first-order chi connectivity index (χ1) is 29.6. The number of hydrogen-bond acceptors (Lipinski definition) is 8. The van der Waals surface area contributed by atoms with Crippen LogP contribution in [-0.2, 0) is 23.9 Å². The van der Waals surface area contributed by atoms with Crippen molar-refractivity contribution < 1.29 is 44.3 Å². The Morgan fingerprint density at radius 3 is 1.34 bits per heavy atom. The summed E-state index contributed by atoms with van der Waals surface area (Å²) < 4.78 is 6.13.